The molecule has 0 aliphatic carbocycles. The van der Waals surface area contributed by atoms with Crippen molar-refractivity contribution in [3.63, 3.8) is 0 Å². The van der Waals surface area contributed by atoms with Crippen LogP contribution in [0.4, 0.5) is 5.95 Å². The number of aryl methyl sites for hydroxylation is 1. The van der Waals surface area contributed by atoms with Crippen molar-refractivity contribution in [2.24, 2.45) is 0 Å². The largest absolute Gasteiger partial charge is 0.461 e. The fourth-order valence-corrected chi connectivity index (χ4v) is 2.39. The highest BCUT2D eigenvalue weighted by Crippen LogP contribution is 2.11. The van der Waals surface area contributed by atoms with Crippen LogP contribution in [0.5, 0.6) is 0 Å². The number of nitrogens with zero attached hydrogens (tertiary/aromatic N) is 1. The van der Waals surface area contributed by atoms with E-state index in [4.69, 9.17) is 10.5 Å². The summed E-state index contributed by atoms with van der Waals surface area (Å²) >= 11 is 0. The number of nitrogens with one attached hydrogen (secondary N) is 1. The molecule has 23 heavy (non-hydrogen) atoms. The van der Waals surface area contributed by atoms with Crippen molar-refractivity contribution in [1.82, 2.24) is 9.97 Å². The van der Waals surface area contributed by atoms with Crippen molar-refractivity contribution >= 4 is 11.9 Å². The van der Waals surface area contributed by atoms with Crippen LogP contribution in [0.25, 0.3) is 0 Å². The topological polar surface area (TPSA) is 98.1 Å². The predicted octanol–water partition coefficient (Wildman–Crippen LogP) is 2.09. The van der Waals surface area contributed by atoms with Crippen LogP contribution in [-0.2, 0) is 17.6 Å². The molecule has 6 nitrogen and oxygen atoms in total. The van der Waals surface area contributed by atoms with Crippen molar-refractivity contribution in [1.29, 1.82) is 0 Å². The van der Waals surface area contributed by atoms with Gasteiger partial charge in [-0.25, -0.2) is 9.78 Å². The van der Waals surface area contributed by atoms with E-state index in [0.29, 0.717) is 12.0 Å². The molecule has 0 amide bonds. The SMILES string of the molecule is CCOC(=O)c1nc(N)[nH]c(=O)c1CCCCc1ccccc1. The summed E-state index contributed by atoms with van der Waals surface area (Å²) < 4.78 is 4.94. The van der Waals surface area contributed by atoms with Crippen LogP contribution in [0.3, 0.4) is 0 Å². The third-order valence-electron chi connectivity index (χ3n) is 3.49. The third kappa shape index (κ3) is 4.67. The van der Waals surface area contributed by atoms with Gasteiger partial charge in [0.1, 0.15) is 0 Å². The summed E-state index contributed by atoms with van der Waals surface area (Å²) in [6.45, 7) is 1.93. The third-order valence-corrected chi connectivity index (χ3v) is 3.49. The highest BCUT2D eigenvalue weighted by Gasteiger charge is 2.18. The number of esters is 1. The number of carbonyl (C=O) groups is 1. The van der Waals surface area contributed by atoms with Gasteiger partial charge < -0.3 is 10.5 Å². The zero-order valence-electron chi connectivity index (χ0n) is 13.2. The quantitative estimate of drug-likeness (QED) is 0.602. The Labute approximate surface area is 134 Å². The van der Waals surface area contributed by atoms with E-state index in [1.807, 2.05) is 18.2 Å². The van der Waals surface area contributed by atoms with E-state index in [9.17, 15) is 9.59 Å². The van der Waals surface area contributed by atoms with Gasteiger partial charge in [0.15, 0.2) is 5.69 Å². The first-order valence-corrected chi connectivity index (χ1v) is 7.71. The lowest BCUT2D eigenvalue weighted by atomic mass is 10.0. The number of hydrogen-bond donors (Lipinski definition) is 2. The van der Waals surface area contributed by atoms with E-state index in [2.05, 4.69) is 22.1 Å². The molecule has 1 heterocycles. The van der Waals surface area contributed by atoms with Crippen molar-refractivity contribution in [2.45, 2.75) is 32.6 Å². The molecule has 0 bridgehead atoms. The average Bonchev–Trinajstić information content (AvgIpc) is 2.54. The zero-order valence-corrected chi connectivity index (χ0v) is 13.2. The summed E-state index contributed by atoms with van der Waals surface area (Å²) in [6.07, 6.45) is 3.07. The average molecular weight is 315 g/mol. The fraction of sp³-hybridized carbons (Fsp3) is 0.353. The lowest BCUT2D eigenvalue weighted by Gasteiger charge is -2.08. The minimum atomic E-state index is -0.608. The second-order valence-electron chi connectivity index (χ2n) is 5.19. The van der Waals surface area contributed by atoms with Crippen LogP contribution in [0, 0.1) is 0 Å². The molecule has 1 aromatic heterocycles. The highest BCUT2D eigenvalue weighted by molar-refractivity contribution is 5.89. The van der Waals surface area contributed by atoms with Crippen LogP contribution in [0.15, 0.2) is 35.1 Å². The first kappa shape index (κ1) is 16.7. The van der Waals surface area contributed by atoms with Crippen LogP contribution in [-0.4, -0.2) is 22.5 Å². The van der Waals surface area contributed by atoms with Crippen molar-refractivity contribution in [2.75, 3.05) is 12.3 Å². The van der Waals surface area contributed by atoms with Crippen LogP contribution < -0.4 is 11.3 Å². The molecule has 0 saturated carbocycles. The van der Waals surface area contributed by atoms with Gasteiger partial charge in [-0.1, -0.05) is 30.3 Å². The number of carbonyl (C=O) groups excluding carboxylic acids is 1. The number of anilines is 1. The minimum Gasteiger partial charge on any atom is -0.461 e. The Bertz CT molecular complexity index is 711. The first-order chi connectivity index (χ1) is 11.1. The maximum absolute atomic E-state index is 12.1. The molecule has 0 fully saturated rings. The molecule has 122 valence electrons. The number of aromatic amines is 1. The maximum Gasteiger partial charge on any atom is 0.357 e. The van der Waals surface area contributed by atoms with Crippen LogP contribution >= 0.6 is 0 Å². The van der Waals surface area contributed by atoms with Gasteiger partial charge in [-0.15, -0.1) is 0 Å². The number of nitrogens with two attached hydrogens (primary N) is 1. The number of unbranched alkanes of at least 4 members (excludes halogenated alkanes) is 1. The molecule has 0 atom stereocenters. The van der Waals surface area contributed by atoms with Crippen molar-refractivity contribution < 1.29 is 9.53 Å². The van der Waals surface area contributed by atoms with Gasteiger partial charge >= 0.3 is 5.97 Å². The Morgan fingerprint density at radius 1 is 1.22 bits per heavy atom. The molecule has 0 aliphatic rings. The number of aromatic nitrogens is 2. The van der Waals surface area contributed by atoms with Crippen LogP contribution in [0.2, 0.25) is 0 Å². The molecule has 0 radical (unpaired) electrons. The Hall–Kier alpha value is -2.63. The molecule has 1 aromatic carbocycles. The van der Waals surface area contributed by atoms with Crippen molar-refractivity contribution in [3.8, 4) is 0 Å². The molecule has 2 aromatic rings. The van der Waals surface area contributed by atoms with Gasteiger partial charge in [0.2, 0.25) is 5.95 Å². The second kappa shape index (κ2) is 8.12. The number of hydrogen-bond acceptors (Lipinski definition) is 5. The summed E-state index contributed by atoms with van der Waals surface area (Å²) in [5.74, 6) is -0.686. The summed E-state index contributed by atoms with van der Waals surface area (Å²) in [5.41, 5.74) is 6.76. The molecule has 6 heteroatoms. The number of benzene rings is 1. The Kier molecular flexibility index (Phi) is 5.91. The minimum absolute atomic E-state index is 0.0211. The van der Waals surface area contributed by atoms with Gasteiger partial charge in [0.05, 0.1) is 12.2 Å². The van der Waals surface area contributed by atoms with E-state index >= 15 is 0 Å². The van der Waals surface area contributed by atoms with Gasteiger partial charge in [0.25, 0.3) is 5.56 Å². The lowest BCUT2D eigenvalue weighted by Crippen LogP contribution is -2.23. The molecular weight excluding hydrogens is 294 g/mol. The van der Waals surface area contributed by atoms with E-state index in [0.717, 1.165) is 19.3 Å². The molecule has 0 aliphatic heterocycles. The fourth-order valence-electron chi connectivity index (χ4n) is 2.39. The Morgan fingerprint density at radius 3 is 2.61 bits per heavy atom. The summed E-state index contributed by atoms with van der Waals surface area (Å²) in [4.78, 5) is 30.4. The molecular formula is C17H21N3O3. The molecule has 0 saturated heterocycles. The monoisotopic (exact) mass is 315 g/mol. The Balaban J connectivity index is 2.04. The van der Waals surface area contributed by atoms with Gasteiger partial charge in [0, 0.05) is 0 Å². The van der Waals surface area contributed by atoms with Crippen molar-refractivity contribution in [3.05, 3.63) is 57.5 Å². The van der Waals surface area contributed by atoms with E-state index in [-0.39, 0.29) is 23.8 Å². The summed E-state index contributed by atoms with van der Waals surface area (Å²) in [7, 11) is 0. The highest BCUT2D eigenvalue weighted by atomic mass is 16.5. The normalized spacial score (nSPS) is 10.5. The molecule has 2 rings (SSSR count). The zero-order chi connectivity index (χ0) is 16.7. The van der Waals surface area contributed by atoms with E-state index in [1.54, 1.807) is 6.92 Å². The summed E-state index contributed by atoms with van der Waals surface area (Å²) in [5, 5.41) is 0. The summed E-state index contributed by atoms with van der Waals surface area (Å²) in [6, 6.07) is 10.1. The van der Waals surface area contributed by atoms with E-state index < -0.39 is 5.97 Å². The van der Waals surface area contributed by atoms with Gasteiger partial charge in [-0.2, -0.15) is 0 Å². The molecule has 0 spiro atoms. The molecule has 0 unspecified atom stereocenters. The number of rotatable bonds is 7. The smallest absolute Gasteiger partial charge is 0.357 e. The second-order valence-corrected chi connectivity index (χ2v) is 5.19. The number of ether oxygens (including phenoxy) is 1. The van der Waals surface area contributed by atoms with Crippen LogP contribution in [0.1, 0.15) is 41.4 Å². The predicted molar refractivity (Wildman–Crippen MR) is 88.3 cm³/mol. The van der Waals surface area contributed by atoms with Gasteiger partial charge in [-0.05, 0) is 38.2 Å². The number of H-pyrrole nitrogens is 1. The standard InChI is InChI=1S/C17H21N3O3/c1-2-23-16(22)14-13(15(21)20-17(18)19-14)11-7-6-10-12-8-4-3-5-9-12/h3-5,8-9H,2,6-7,10-11H2,1H3,(H3,18,19,20,21). The maximum atomic E-state index is 12.1. The molecule has 3 N–H and O–H groups in total. The van der Waals surface area contributed by atoms with Gasteiger partial charge in [-0.3, -0.25) is 9.78 Å². The van der Waals surface area contributed by atoms with E-state index in [1.165, 1.54) is 5.56 Å². The lowest BCUT2D eigenvalue weighted by molar-refractivity contribution is 0.0517. The number of nitrogen functional groups attached to an aromatic ring is 1. The first-order valence-electron chi connectivity index (χ1n) is 7.71. The Morgan fingerprint density at radius 2 is 1.91 bits per heavy atom.